The van der Waals surface area contributed by atoms with Crippen molar-refractivity contribution in [1.29, 1.82) is 0 Å². The van der Waals surface area contributed by atoms with Gasteiger partial charge in [-0.25, -0.2) is 24.2 Å². The molecule has 0 atom stereocenters. The molecular weight excluding hydrogens is 538 g/mol. The Morgan fingerprint density at radius 3 is 1.10 bits per heavy atom. The van der Waals surface area contributed by atoms with Gasteiger partial charge >= 0.3 is 23.9 Å². The van der Waals surface area contributed by atoms with Crippen molar-refractivity contribution in [2.75, 3.05) is 0 Å². The molecule has 0 spiro atoms. The minimum Gasteiger partial charge on any atom is -0.478 e. The molecule has 42 heavy (non-hydrogen) atoms. The van der Waals surface area contributed by atoms with Crippen molar-refractivity contribution in [3.8, 4) is 23.7 Å². The van der Waals surface area contributed by atoms with E-state index in [0.29, 0.717) is 22.2 Å². The summed E-state index contributed by atoms with van der Waals surface area (Å²) in [5.74, 6) is 6.51. The summed E-state index contributed by atoms with van der Waals surface area (Å²) in [5, 5.41) is 38.7. The molecule has 1 heterocycles. The van der Waals surface area contributed by atoms with Crippen molar-refractivity contribution in [2.45, 2.75) is 0 Å². The Morgan fingerprint density at radius 2 is 0.762 bits per heavy atom. The monoisotopic (exact) mass is 555 g/mol. The van der Waals surface area contributed by atoms with E-state index in [9.17, 15) is 39.6 Å². The molecule has 0 aliphatic heterocycles. The van der Waals surface area contributed by atoms with Crippen molar-refractivity contribution in [2.24, 2.45) is 0 Å². The van der Waals surface area contributed by atoms with Crippen LogP contribution in [0.3, 0.4) is 0 Å². The molecule has 1 aromatic heterocycles. The van der Waals surface area contributed by atoms with Crippen LogP contribution in [0.4, 0.5) is 0 Å². The smallest absolute Gasteiger partial charge is 0.335 e. The molecule has 0 radical (unpaired) electrons. The van der Waals surface area contributed by atoms with Gasteiger partial charge in [0.1, 0.15) is 0 Å². The minimum absolute atomic E-state index is 0.177. The largest absolute Gasteiger partial charge is 0.478 e. The number of aromatic nitrogens is 1. The van der Waals surface area contributed by atoms with Crippen LogP contribution >= 0.6 is 0 Å². The van der Waals surface area contributed by atoms with Crippen LogP contribution in [-0.2, 0) is 0 Å². The lowest BCUT2D eigenvalue weighted by molar-refractivity contribution is 0.0676. The van der Waals surface area contributed by atoms with Crippen molar-refractivity contribution in [3.05, 3.63) is 123 Å². The van der Waals surface area contributed by atoms with Crippen LogP contribution in [-0.4, -0.2) is 49.3 Å². The Morgan fingerprint density at radius 1 is 0.429 bits per heavy atom. The zero-order chi connectivity index (χ0) is 30.0. The van der Waals surface area contributed by atoms with Gasteiger partial charge in [-0.1, -0.05) is 23.7 Å². The zero-order valence-electron chi connectivity index (χ0n) is 21.4. The summed E-state index contributed by atoms with van der Waals surface area (Å²) in [7, 11) is 0. The van der Waals surface area contributed by atoms with E-state index in [1.807, 2.05) is 6.07 Å². The quantitative estimate of drug-likeness (QED) is 0.177. The van der Waals surface area contributed by atoms with E-state index in [2.05, 4.69) is 28.7 Å². The Hall–Kier alpha value is -6.45. The number of carboxylic acid groups (broad SMARTS) is 4. The molecule has 9 nitrogen and oxygen atoms in total. The fourth-order valence-corrected chi connectivity index (χ4v) is 4.18. The van der Waals surface area contributed by atoms with E-state index in [4.69, 9.17) is 0 Å². The third kappa shape index (κ3) is 5.91. The van der Waals surface area contributed by atoms with Crippen molar-refractivity contribution >= 4 is 45.7 Å². The first kappa shape index (κ1) is 27.1. The maximum Gasteiger partial charge on any atom is 0.335 e. The van der Waals surface area contributed by atoms with E-state index >= 15 is 0 Å². The number of fused-ring (bicyclic) bond motifs is 2. The highest BCUT2D eigenvalue weighted by Gasteiger charge is 2.12. The molecule has 0 saturated heterocycles. The van der Waals surface area contributed by atoms with Gasteiger partial charge in [-0.2, -0.15) is 0 Å². The van der Waals surface area contributed by atoms with E-state index in [1.54, 1.807) is 36.4 Å². The number of hydrogen-bond donors (Lipinski definition) is 4. The molecule has 0 aliphatic rings. The first-order valence-electron chi connectivity index (χ1n) is 12.2. The number of benzene rings is 4. The summed E-state index contributed by atoms with van der Waals surface area (Å²) in [5.41, 5.74) is 2.41. The molecule has 0 bridgehead atoms. The van der Waals surface area contributed by atoms with Crippen molar-refractivity contribution in [1.82, 2.24) is 4.98 Å². The summed E-state index contributed by atoms with van der Waals surface area (Å²) in [6, 6.07) is 20.0. The fourth-order valence-electron chi connectivity index (χ4n) is 4.18. The fraction of sp³-hybridized carbons (Fsp3) is 0. The van der Waals surface area contributed by atoms with Gasteiger partial charge in [0.2, 0.25) is 0 Å². The van der Waals surface area contributed by atoms with Gasteiger partial charge in [0, 0.05) is 33.0 Å². The topological polar surface area (TPSA) is 162 Å². The SMILES string of the molecule is O=C(O)c1cc(C#Cc2ccc3nc4ccc(C#Cc5cc(C(=O)O)cc(C(=O)O)c5)cc4cc3c2)cc(C(=O)O)c1. The Balaban J connectivity index is 1.49. The maximum absolute atomic E-state index is 11.4. The third-order valence-electron chi connectivity index (χ3n) is 6.16. The number of carboxylic acids is 4. The van der Waals surface area contributed by atoms with Crippen molar-refractivity contribution in [3.63, 3.8) is 0 Å². The normalized spacial score (nSPS) is 10.3. The highest BCUT2D eigenvalue weighted by Crippen LogP contribution is 2.22. The molecule has 0 amide bonds. The summed E-state index contributed by atoms with van der Waals surface area (Å²) in [6.07, 6.45) is 0. The van der Waals surface area contributed by atoms with Gasteiger partial charge in [0.25, 0.3) is 0 Å². The van der Waals surface area contributed by atoms with Gasteiger partial charge in [-0.15, -0.1) is 0 Å². The average Bonchev–Trinajstić information content (AvgIpc) is 2.97. The molecule has 0 unspecified atom stereocenters. The van der Waals surface area contributed by atoms with Crippen LogP contribution in [0.2, 0.25) is 0 Å². The molecule has 9 heteroatoms. The second-order valence-corrected chi connectivity index (χ2v) is 9.12. The molecule has 0 fully saturated rings. The predicted molar refractivity (Wildman–Crippen MR) is 152 cm³/mol. The molecule has 202 valence electrons. The van der Waals surface area contributed by atoms with Crippen LogP contribution < -0.4 is 0 Å². The second kappa shape index (κ2) is 11.0. The number of hydrogen-bond acceptors (Lipinski definition) is 5. The first-order chi connectivity index (χ1) is 20.0. The molecule has 4 aromatic carbocycles. The number of nitrogens with zero attached hydrogens (tertiary/aromatic N) is 1. The molecule has 5 aromatic rings. The lowest BCUT2D eigenvalue weighted by Gasteiger charge is -2.03. The Kier molecular flexibility index (Phi) is 7.08. The standard InChI is InChI=1S/C33H17NO8/c35-30(36)24-11-20(12-25(16-24)31(37)38)3-1-18-5-7-28-22(9-18)15-23-10-19(6-8-29(23)34-28)2-4-21-13-26(32(39)40)17-27(14-21)33(41)42/h5-17H,(H,35,36)(H,37,38)(H,39,40)(H,41,42). The number of aromatic carboxylic acids is 4. The summed E-state index contributed by atoms with van der Waals surface area (Å²) >= 11 is 0. The van der Waals surface area contributed by atoms with Gasteiger partial charge in [0.05, 0.1) is 33.3 Å². The van der Waals surface area contributed by atoms with Crippen LogP contribution in [0.5, 0.6) is 0 Å². The summed E-state index contributed by atoms with van der Waals surface area (Å²) in [6.45, 7) is 0. The number of pyridine rings is 1. The highest BCUT2D eigenvalue weighted by atomic mass is 16.4. The molecule has 4 N–H and O–H groups in total. The minimum atomic E-state index is -1.26. The van der Waals surface area contributed by atoms with Gasteiger partial charge < -0.3 is 20.4 Å². The molecule has 0 aliphatic carbocycles. The van der Waals surface area contributed by atoms with Crippen LogP contribution in [0, 0.1) is 23.7 Å². The van der Waals surface area contributed by atoms with Crippen LogP contribution in [0.15, 0.2) is 78.9 Å². The van der Waals surface area contributed by atoms with Crippen LogP contribution in [0.1, 0.15) is 63.7 Å². The zero-order valence-corrected chi connectivity index (χ0v) is 21.4. The van der Waals surface area contributed by atoms with E-state index < -0.39 is 23.9 Å². The van der Waals surface area contributed by atoms with Crippen molar-refractivity contribution < 1.29 is 39.6 Å². The van der Waals surface area contributed by atoms with Gasteiger partial charge in [0.15, 0.2) is 0 Å². The van der Waals surface area contributed by atoms with Gasteiger partial charge in [-0.05, 0) is 78.9 Å². The number of carbonyl (C=O) groups is 4. The maximum atomic E-state index is 11.4. The highest BCUT2D eigenvalue weighted by molar-refractivity contribution is 5.96. The lowest BCUT2D eigenvalue weighted by Crippen LogP contribution is -2.03. The first-order valence-corrected chi connectivity index (χ1v) is 12.2. The summed E-state index contributed by atoms with van der Waals surface area (Å²) < 4.78 is 0. The Labute approximate surface area is 237 Å². The molecule has 0 saturated carbocycles. The van der Waals surface area contributed by atoms with Crippen LogP contribution in [0.25, 0.3) is 21.8 Å². The second-order valence-electron chi connectivity index (χ2n) is 9.12. The number of rotatable bonds is 4. The molecular formula is C33H17NO8. The summed E-state index contributed by atoms with van der Waals surface area (Å²) in [4.78, 5) is 50.1. The average molecular weight is 555 g/mol. The molecule has 5 rings (SSSR count). The third-order valence-corrected chi connectivity index (χ3v) is 6.16. The lowest BCUT2D eigenvalue weighted by atomic mass is 10.0. The van der Waals surface area contributed by atoms with E-state index in [0.717, 1.165) is 22.9 Å². The predicted octanol–water partition coefficient (Wildman–Crippen LogP) is 4.98. The van der Waals surface area contributed by atoms with E-state index in [1.165, 1.54) is 24.3 Å². The Bertz CT molecular complexity index is 1910. The van der Waals surface area contributed by atoms with E-state index in [-0.39, 0.29) is 33.4 Å². The van der Waals surface area contributed by atoms with Gasteiger partial charge in [-0.3, -0.25) is 0 Å².